The third kappa shape index (κ3) is 5.06. The van der Waals surface area contributed by atoms with E-state index in [1.54, 1.807) is 12.1 Å². The number of fused-ring (bicyclic) bond motifs is 1. The zero-order chi connectivity index (χ0) is 21.7. The van der Waals surface area contributed by atoms with Gasteiger partial charge in [0.2, 0.25) is 17.7 Å². The lowest BCUT2D eigenvalue weighted by atomic mass is 9.81. The first kappa shape index (κ1) is 22.0. The minimum absolute atomic E-state index is 0.0548. The molecule has 9 heteroatoms. The normalized spacial score (nSPS) is 21.0. The number of imide groups is 1. The molecule has 1 aromatic carbocycles. The number of nitrogens with one attached hydrogen (secondary N) is 1. The Morgan fingerprint density at radius 2 is 1.83 bits per heavy atom. The van der Waals surface area contributed by atoms with Crippen molar-refractivity contribution in [2.75, 3.05) is 20.2 Å². The largest absolute Gasteiger partial charge is 0.493 e. The van der Waals surface area contributed by atoms with Gasteiger partial charge in [-0.15, -0.1) is 0 Å². The van der Waals surface area contributed by atoms with Crippen molar-refractivity contribution in [3.8, 4) is 11.5 Å². The fourth-order valence-corrected chi connectivity index (χ4v) is 4.16. The topological polar surface area (TPSA) is 84.9 Å². The van der Waals surface area contributed by atoms with Gasteiger partial charge in [0.05, 0.1) is 18.9 Å². The molecule has 1 heterocycles. The highest BCUT2D eigenvalue weighted by Crippen LogP contribution is 2.38. The van der Waals surface area contributed by atoms with E-state index in [-0.39, 0.29) is 54.0 Å². The summed E-state index contributed by atoms with van der Waals surface area (Å²) in [7, 11) is 1.36. The number of benzene rings is 1. The van der Waals surface area contributed by atoms with E-state index in [0.717, 1.165) is 31.2 Å². The van der Waals surface area contributed by atoms with Gasteiger partial charge in [0.1, 0.15) is 0 Å². The smallest absolute Gasteiger partial charge is 0.387 e. The summed E-state index contributed by atoms with van der Waals surface area (Å²) in [5.74, 6) is -0.823. The molecule has 2 atom stereocenters. The molecule has 1 saturated carbocycles. The Morgan fingerprint density at radius 1 is 1.17 bits per heavy atom. The number of halogens is 2. The first-order valence-electron chi connectivity index (χ1n) is 10.1. The van der Waals surface area contributed by atoms with E-state index in [9.17, 15) is 23.2 Å². The second-order valence-electron chi connectivity index (χ2n) is 7.54. The highest BCUT2D eigenvalue weighted by atomic mass is 19.3. The van der Waals surface area contributed by atoms with Crippen LogP contribution in [0.4, 0.5) is 8.78 Å². The maximum atomic E-state index is 12.4. The SMILES string of the molecule is COc1cc(CCNC(=O)CCN2C(=O)C3CCCCC3C2=O)ccc1OC(F)F. The van der Waals surface area contributed by atoms with Crippen LogP contribution in [0.3, 0.4) is 0 Å². The molecule has 1 aliphatic heterocycles. The quantitative estimate of drug-likeness (QED) is 0.616. The summed E-state index contributed by atoms with van der Waals surface area (Å²) in [5.41, 5.74) is 0.780. The molecule has 3 amide bonds. The molecular weight excluding hydrogens is 398 g/mol. The van der Waals surface area contributed by atoms with Crippen molar-refractivity contribution in [3.63, 3.8) is 0 Å². The van der Waals surface area contributed by atoms with Crippen LogP contribution < -0.4 is 14.8 Å². The predicted octanol–water partition coefficient (Wildman–Crippen LogP) is 2.52. The fraction of sp³-hybridized carbons (Fsp3) is 0.571. The Kier molecular flexibility index (Phi) is 7.23. The second-order valence-corrected chi connectivity index (χ2v) is 7.54. The first-order chi connectivity index (χ1) is 14.4. The second kappa shape index (κ2) is 9.86. The van der Waals surface area contributed by atoms with E-state index < -0.39 is 6.61 Å². The van der Waals surface area contributed by atoms with Gasteiger partial charge in [-0.05, 0) is 37.0 Å². The summed E-state index contributed by atoms with van der Waals surface area (Å²) >= 11 is 0. The number of rotatable bonds is 9. The van der Waals surface area contributed by atoms with E-state index >= 15 is 0 Å². The number of ether oxygens (including phenoxy) is 2. The molecule has 2 aliphatic rings. The first-order valence-corrected chi connectivity index (χ1v) is 10.1. The van der Waals surface area contributed by atoms with Crippen molar-refractivity contribution in [1.82, 2.24) is 10.2 Å². The third-order valence-corrected chi connectivity index (χ3v) is 5.67. The van der Waals surface area contributed by atoms with Gasteiger partial charge >= 0.3 is 6.61 Å². The minimum atomic E-state index is -2.94. The van der Waals surface area contributed by atoms with Crippen molar-refractivity contribution in [2.45, 2.75) is 45.1 Å². The van der Waals surface area contributed by atoms with Gasteiger partial charge in [0.15, 0.2) is 11.5 Å². The van der Waals surface area contributed by atoms with Crippen LogP contribution in [0.1, 0.15) is 37.7 Å². The monoisotopic (exact) mass is 424 g/mol. The molecule has 2 fully saturated rings. The molecule has 1 aromatic rings. The van der Waals surface area contributed by atoms with Gasteiger partial charge in [-0.1, -0.05) is 18.9 Å². The van der Waals surface area contributed by atoms with E-state index in [2.05, 4.69) is 10.1 Å². The van der Waals surface area contributed by atoms with Crippen LogP contribution >= 0.6 is 0 Å². The van der Waals surface area contributed by atoms with E-state index in [1.807, 2.05) is 0 Å². The van der Waals surface area contributed by atoms with Crippen molar-refractivity contribution in [1.29, 1.82) is 0 Å². The van der Waals surface area contributed by atoms with Crippen LogP contribution in [0.5, 0.6) is 11.5 Å². The number of likely N-dealkylation sites (tertiary alicyclic amines) is 1. The van der Waals surface area contributed by atoms with E-state index in [1.165, 1.54) is 18.1 Å². The van der Waals surface area contributed by atoms with Gasteiger partial charge in [0, 0.05) is 19.5 Å². The summed E-state index contributed by atoms with van der Waals surface area (Å²) in [6.45, 7) is -2.52. The van der Waals surface area contributed by atoms with Gasteiger partial charge in [-0.3, -0.25) is 19.3 Å². The number of carbonyl (C=O) groups is 3. The fourth-order valence-electron chi connectivity index (χ4n) is 4.16. The highest BCUT2D eigenvalue weighted by Gasteiger charge is 2.47. The number of methoxy groups -OCH3 is 1. The summed E-state index contributed by atoms with van der Waals surface area (Å²) in [4.78, 5) is 38.2. The molecule has 1 aliphatic carbocycles. The van der Waals surface area contributed by atoms with E-state index in [4.69, 9.17) is 4.74 Å². The summed E-state index contributed by atoms with van der Waals surface area (Å²) in [5, 5.41) is 2.75. The molecule has 7 nitrogen and oxygen atoms in total. The minimum Gasteiger partial charge on any atom is -0.493 e. The van der Waals surface area contributed by atoms with Gasteiger partial charge < -0.3 is 14.8 Å². The Labute approximate surface area is 173 Å². The van der Waals surface area contributed by atoms with Crippen LogP contribution in [0, 0.1) is 11.8 Å². The maximum absolute atomic E-state index is 12.4. The van der Waals surface area contributed by atoms with Crippen LogP contribution in [-0.2, 0) is 20.8 Å². The Bertz CT molecular complexity index is 778. The van der Waals surface area contributed by atoms with Crippen LogP contribution in [0.25, 0.3) is 0 Å². The van der Waals surface area contributed by atoms with Crippen molar-refractivity contribution in [3.05, 3.63) is 23.8 Å². The van der Waals surface area contributed by atoms with Crippen molar-refractivity contribution >= 4 is 17.7 Å². The summed E-state index contributed by atoms with van der Waals surface area (Å²) in [6, 6.07) is 4.59. The van der Waals surface area contributed by atoms with Gasteiger partial charge in [-0.2, -0.15) is 8.78 Å². The molecule has 30 heavy (non-hydrogen) atoms. The molecule has 2 unspecified atom stereocenters. The van der Waals surface area contributed by atoms with Crippen LogP contribution in [-0.4, -0.2) is 49.4 Å². The lowest BCUT2D eigenvalue weighted by Gasteiger charge is -2.19. The molecule has 164 valence electrons. The van der Waals surface area contributed by atoms with Crippen LogP contribution in [0.2, 0.25) is 0 Å². The lowest BCUT2D eigenvalue weighted by molar-refractivity contribution is -0.140. The predicted molar refractivity (Wildman–Crippen MR) is 103 cm³/mol. The van der Waals surface area contributed by atoms with Crippen LogP contribution in [0.15, 0.2) is 18.2 Å². The summed E-state index contributed by atoms with van der Waals surface area (Å²) < 4.78 is 34.2. The Hall–Kier alpha value is -2.71. The van der Waals surface area contributed by atoms with Crippen molar-refractivity contribution in [2.24, 2.45) is 11.8 Å². The number of amides is 3. The zero-order valence-electron chi connectivity index (χ0n) is 16.9. The molecule has 0 bridgehead atoms. The standard InChI is InChI=1S/C21H26F2N2O5/c1-29-17-12-13(6-7-16(17)30-21(22)23)8-10-24-18(26)9-11-25-19(27)14-4-2-3-5-15(14)20(25)28/h6-7,12,14-15,21H,2-5,8-11H2,1H3,(H,24,26). The van der Waals surface area contributed by atoms with E-state index in [0.29, 0.717) is 13.0 Å². The average molecular weight is 424 g/mol. The molecule has 0 aromatic heterocycles. The molecule has 3 rings (SSSR count). The Morgan fingerprint density at radius 3 is 2.43 bits per heavy atom. The molecule has 1 saturated heterocycles. The highest BCUT2D eigenvalue weighted by molar-refractivity contribution is 6.05. The third-order valence-electron chi connectivity index (χ3n) is 5.67. The molecule has 0 spiro atoms. The van der Waals surface area contributed by atoms with Gasteiger partial charge in [0.25, 0.3) is 0 Å². The zero-order valence-corrected chi connectivity index (χ0v) is 16.9. The number of nitrogens with zero attached hydrogens (tertiary/aromatic N) is 1. The lowest BCUT2D eigenvalue weighted by Crippen LogP contribution is -2.35. The van der Waals surface area contributed by atoms with Crippen molar-refractivity contribution < 1.29 is 32.6 Å². The number of hydrogen-bond donors (Lipinski definition) is 1. The summed E-state index contributed by atoms with van der Waals surface area (Å²) in [6.07, 6.45) is 3.96. The number of carbonyl (C=O) groups excluding carboxylic acids is 3. The molecular formula is C21H26F2N2O5. The molecule has 0 radical (unpaired) electrons. The molecule has 1 N–H and O–H groups in total. The number of alkyl halides is 2. The maximum Gasteiger partial charge on any atom is 0.387 e. The number of hydrogen-bond acceptors (Lipinski definition) is 5. The Balaban J connectivity index is 1.44. The average Bonchev–Trinajstić information content (AvgIpc) is 2.97. The van der Waals surface area contributed by atoms with Gasteiger partial charge in [-0.25, -0.2) is 0 Å².